The summed E-state index contributed by atoms with van der Waals surface area (Å²) >= 11 is 0. The zero-order chi connectivity index (χ0) is 10.4. The molecule has 1 aromatic heterocycles. The highest BCUT2D eigenvalue weighted by atomic mass is 16.3. The molecule has 14 heavy (non-hydrogen) atoms. The van der Waals surface area contributed by atoms with Crippen molar-refractivity contribution in [1.29, 1.82) is 0 Å². The highest BCUT2D eigenvalue weighted by Crippen LogP contribution is 2.07. The molecule has 1 N–H and O–H groups in total. The summed E-state index contributed by atoms with van der Waals surface area (Å²) in [5.74, 6) is 1.09. The van der Waals surface area contributed by atoms with Gasteiger partial charge in [-0.05, 0) is 19.8 Å². The Kier molecular flexibility index (Phi) is 4.66. The Morgan fingerprint density at radius 2 is 2.21 bits per heavy atom. The summed E-state index contributed by atoms with van der Waals surface area (Å²) in [7, 11) is 0. The molecule has 0 aromatic carbocycles. The van der Waals surface area contributed by atoms with Crippen molar-refractivity contribution < 1.29 is 5.11 Å². The quantitative estimate of drug-likeness (QED) is 0.755. The molecule has 0 radical (unpaired) electrons. The molecular formula is C11H20N2O. The molecule has 0 bridgehead atoms. The van der Waals surface area contributed by atoms with Crippen molar-refractivity contribution >= 4 is 0 Å². The fourth-order valence-corrected chi connectivity index (χ4v) is 1.63. The molecule has 80 valence electrons. The van der Waals surface area contributed by atoms with E-state index in [2.05, 4.69) is 23.4 Å². The van der Waals surface area contributed by atoms with Gasteiger partial charge in [-0.2, -0.15) is 0 Å². The van der Waals surface area contributed by atoms with Crippen LogP contribution in [0.3, 0.4) is 0 Å². The van der Waals surface area contributed by atoms with Crippen molar-refractivity contribution in [3.63, 3.8) is 0 Å². The third-order valence-electron chi connectivity index (χ3n) is 2.47. The summed E-state index contributed by atoms with van der Waals surface area (Å²) in [5, 5.41) is 9.57. The molecule has 0 saturated carbocycles. The molecule has 0 saturated heterocycles. The summed E-state index contributed by atoms with van der Waals surface area (Å²) in [4.78, 5) is 4.27. The van der Waals surface area contributed by atoms with Crippen LogP contribution in [0.15, 0.2) is 12.4 Å². The van der Waals surface area contributed by atoms with E-state index in [4.69, 9.17) is 0 Å². The van der Waals surface area contributed by atoms with Gasteiger partial charge in [-0.1, -0.05) is 13.3 Å². The number of hydrogen-bond donors (Lipinski definition) is 1. The Balaban J connectivity index is 2.37. The van der Waals surface area contributed by atoms with E-state index in [1.807, 2.05) is 12.4 Å². The maximum Gasteiger partial charge on any atom is 0.108 e. The topological polar surface area (TPSA) is 38.1 Å². The molecule has 0 amide bonds. The lowest BCUT2D eigenvalue weighted by atomic mass is 10.1. The van der Waals surface area contributed by atoms with Crippen molar-refractivity contribution in [3.05, 3.63) is 18.2 Å². The van der Waals surface area contributed by atoms with E-state index in [-0.39, 0.29) is 6.10 Å². The second-order valence-electron chi connectivity index (χ2n) is 3.61. The number of imidazole rings is 1. The fraction of sp³-hybridized carbons (Fsp3) is 0.727. The van der Waals surface area contributed by atoms with Gasteiger partial charge in [0.15, 0.2) is 0 Å². The molecule has 1 atom stereocenters. The van der Waals surface area contributed by atoms with Crippen LogP contribution in [0.5, 0.6) is 0 Å². The fourth-order valence-electron chi connectivity index (χ4n) is 1.63. The zero-order valence-corrected chi connectivity index (χ0v) is 9.11. The predicted octanol–water partition coefficient (Wildman–Crippen LogP) is 2.00. The van der Waals surface area contributed by atoms with E-state index in [0.29, 0.717) is 0 Å². The highest BCUT2D eigenvalue weighted by Gasteiger charge is 2.06. The minimum Gasteiger partial charge on any atom is -0.393 e. The van der Waals surface area contributed by atoms with Crippen LogP contribution in [0.2, 0.25) is 0 Å². The Morgan fingerprint density at radius 1 is 1.43 bits per heavy atom. The minimum atomic E-state index is -0.165. The van der Waals surface area contributed by atoms with Crippen molar-refractivity contribution in [3.8, 4) is 0 Å². The Labute approximate surface area is 85.8 Å². The molecule has 1 aromatic rings. The maximum absolute atomic E-state index is 9.57. The average Bonchev–Trinajstić information content (AvgIpc) is 2.62. The van der Waals surface area contributed by atoms with E-state index < -0.39 is 0 Å². The molecule has 0 aliphatic heterocycles. The summed E-state index contributed by atoms with van der Waals surface area (Å²) in [5.41, 5.74) is 0. The molecule has 1 heterocycles. The standard InChI is InChI=1S/C11H20N2O/c1-3-5-10(14)6-7-11-12-8-9-13(11)4-2/h8-10,14H,3-7H2,1-2H3. The van der Waals surface area contributed by atoms with Crippen molar-refractivity contribution in [2.24, 2.45) is 0 Å². The predicted molar refractivity (Wildman–Crippen MR) is 57.1 cm³/mol. The molecular weight excluding hydrogens is 176 g/mol. The van der Waals surface area contributed by atoms with E-state index in [1.54, 1.807) is 0 Å². The molecule has 0 spiro atoms. The van der Waals surface area contributed by atoms with Crippen molar-refractivity contribution in [2.45, 2.75) is 52.2 Å². The summed E-state index contributed by atoms with van der Waals surface area (Å²) in [6.07, 6.45) is 7.29. The molecule has 3 nitrogen and oxygen atoms in total. The van der Waals surface area contributed by atoms with Gasteiger partial charge < -0.3 is 9.67 Å². The Bertz CT molecular complexity index is 258. The average molecular weight is 196 g/mol. The zero-order valence-electron chi connectivity index (χ0n) is 9.11. The summed E-state index contributed by atoms with van der Waals surface area (Å²) < 4.78 is 2.12. The molecule has 0 aliphatic carbocycles. The first-order chi connectivity index (χ1) is 6.77. The van der Waals surface area contributed by atoms with Gasteiger partial charge in [0.1, 0.15) is 5.82 Å². The van der Waals surface area contributed by atoms with Gasteiger partial charge in [0.25, 0.3) is 0 Å². The first-order valence-electron chi connectivity index (χ1n) is 5.46. The second kappa shape index (κ2) is 5.81. The minimum absolute atomic E-state index is 0.165. The molecule has 0 aliphatic rings. The normalized spacial score (nSPS) is 13.1. The van der Waals surface area contributed by atoms with E-state index in [1.165, 1.54) is 0 Å². The monoisotopic (exact) mass is 196 g/mol. The Hall–Kier alpha value is -0.830. The summed E-state index contributed by atoms with van der Waals surface area (Å²) in [6, 6.07) is 0. The Morgan fingerprint density at radius 3 is 2.86 bits per heavy atom. The third kappa shape index (κ3) is 3.14. The van der Waals surface area contributed by atoms with Crippen molar-refractivity contribution in [1.82, 2.24) is 9.55 Å². The number of aromatic nitrogens is 2. The summed E-state index contributed by atoms with van der Waals surface area (Å²) in [6.45, 7) is 5.16. The number of aliphatic hydroxyl groups is 1. The number of nitrogens with zero attached hydrogens (tertiary/aromatic N) is 2. The molecule has 3 heteroatoms. The molecule has 1 unspecified atom stereocenters. The van der Waals surface area contributed by atoms with E-state index >= 15 is 0 Å². The van der Waals surface area contributed by atoms with Gasteiger partial charge in [-0.15, -0.1) is 0 Å². The van der Waals surface area contributed by atoms with Gasteiger partial charge in [-0.25, -0.2) is 4.98 Å². The first-order valence-corrected chi connectivity index (χ1v) is 5.46. The molecule has 1 rings (SSSR count). The van der Waals surface area contributed by atoms with Crippen LogP contribution in [-0.4, -0.2) is 20.8 Å². The lowest BCUT2D eigenvalue weighted by Gasteiger charge is -2.09. The SMILES string of the molecule is CCCC(O)CCc1nccn1CC. The van der Waals surface area contributed by atoms with Crippen LogP contribution in [0, 0.1) is 0 Å². The van der Waals surface area contributed by atoms with Crippen LogP contribution in [0.4, 0.5) is 0 Å². The third-order valence-corrected chi connectivity index (χ3v) is 2.47. The highest BCUT2D eigenvalue weighted by molar-refractivity contribution is 4.92. The van der Waals surface area contributed by atoms with Gasteiger partial charge in [0, 0.05) is 25.4 Å². The van der Waals surface area contributed by atoms with Crippen molar-refractivity contribution in [2.75, 3.05) is 0 Å². The van der Waals surface area contributed by atoms with Gasteiger partial charge in [0.2, 0.25) is 0 Å². The number of aliphatic hydroxyl groups excluding tert-OH is 1. The van der Waals surface area contributed by atoms with Gasteiger partial charge in [0.05, 0.1) is 6.10 Å². The lowest BCUT2D eigenvalue weighted by molar-refractivity contribution is 0.153. The number of aryl methyl sites for hydroxylation is 2. The van der Waals surface area contributed by atoms with Crippen LogP contribution in [0.25, 0.3) is 0 Å². The first kappa shape index (κ1) is 11.2. The van der Waals surface area contributed by atoms with Crippen LogP contribution in [-0.2, 0) is 13.0 Å². The van der Waals surface area contributed by atoms with Crippen LogP contribution >= 0.6 is 0 Å². The van der Waals surface area contributed by atoms with Gasteiger partial charge in [-0.3, -0.25) is 0 Å². The number of hydrogen-bond acceptors (Lipinski definition) is 2. The number of rotatable bonds is 6. The van der Waals surface area contributed by atoms with E-state index in [9.17, 15) is 5.11 Å². The largest absolute Gasteiger partial charge is 0.393 e. The smallest absolute Gasteiger partial charge is 0.108 e. The lowest BCUT2D eigenvalue weighted by Crippen LogP contribution is -2.10. The van der Waals surface area contributed by atoms with Gasteiger partial charge >= 0.3 is 0 Å². The maximum atomic E-state index is 9.57. The second-order valence-corrected chi connectivity index (χ2v) is 3.61. The molecule has 0 fully saturated rings. The van der Waals surface area contributed by atoms with Crippen LogP contribution < -0.4 is 0 Å². The van der Waals surface area contributed by atoms with E-state index in [0.717, 1.165) is 38.1 Å². The van der Waals surface area contributed by atoms with Crippen LogP contribution in [0.1, 0.15) is 38.9 Å².